The molecule has 0 saturated carbocycles. The molecule has 0 radical (unpaired) electrons. The Morgan fingerprint density at radius 3 is 2.48 bits per heavy atom. The largest absolute Gasteiger partial charge is 0.467 e. The third kappa shape index (κ3) is 5.53. The number of ether oxygens (including phenoxy) is 2. The number of esters is 1. The topological polar surface area (TPSA) is 90.6 Å². The van der Waals surface area contributed by atoms with Gasteiger partial charge in [0, 0.05) is 13.7 Å². The maximum Gasteiger partial charge on any atom is 0.333 e. The van der Waals surface area contributed by atoms with Crippen molar-refractivity contribution < 1.29 is 19.1 Å². The zero-order valence-electron chi connectivity index (χ0n) is 12.4. The van der Waals surface area contributed by atoms with Crippen LogP contribution in [0.3, 0.4) is 0 Å². The lowest BCUT2D eigenvalue weighted by Gasteiger charge is -2.19. The minimum absolute atomic E-state index is 0.384. The molecule has 1 amide bonds. The average molecular weight is 294 g/mol. The van der Waals surface area contributed by atoms with Crippen LogP contribution in [0.15, 0.2) is 30.3 Å². The van der Waals surface area contributed by atoms with E-state index in [1.54, 1.807) is 31.4 Å². The van der Waals surface area contributed by atoms with E-state index in [-0.39, 0.29) is 5.91 Å². The van der Waals surface area contributed by atoms with E-state index in [0.29, 0.717) is 25.0 Å². The maximum absolute atomic E-state index is 12.1. The molecule has 116 valence electrons. The Bertz CT molecular complexity index is 450. The van der Waals surface area contributed by atoms with Gasteiger partial charge in [-0.3, -0.25) is 4.79 Å². The van der Waals surface area contributed by atoms with E-state index in [4.69, 9.17) is 15.2 Å². The number of hydrogen-bond donors (Lipinski definition) is 2. The Balaban J connectivity index is 2.69. The van der Waals surface area contributed by atoms with Crippen molar-refractivity contribution in [3.63, 3.8) is 0 Å². The molecular formula is C15H22N2O4. The third-order valence-corrected chi connectivity index (χ3v) is 3.06. The summed E-state index contributed by atoms with van der Waals surface area (Å²) in [5.41, 5.74) is 6.46. The molecule has 0 spiro atoms. The van der Waals surface area contributed by atoms with Gasteiger partial charge in [0.15, 0.2) is 6.04 Å². The highest BCUT2D eigenvalue weighted by molar-refractivity contribution is 5.88. The van der Waals surface area contributed by atoms with Crippen LogP contribution in [0.2, 0.25) is 0 Å². The van der Waals surface area contributed by atoms with Crippen molar-refractivity contribution in [1.29, 1.82) is 0 Å². The van der Waals surface area contributed by atoms with Crippen LogP contribution in [-0.2, 0) is 19.1 Å². The van der Waals surface area contributed by atoms with E-state index in [1.807, 2.05) is 6.07 Å². The third-order valence-electron chi connectivity index (χ3n) is 3.06. The minimum Gasteiger partial charge on any atom is -0.467 e. The van der Waals surface area contributed by atoms with Crippen molar-refractivity contribution >= 4 is 11.9 Å². The summed E-state index contributed by atoms with van der Waals surface area (Å²) in [6.45, 7) is 0.542. The number of benzene rings is 1. The molecule has 1 aromatic carbocycles. The molecule has 0 aliphatic carbocycles. The molecule has 0 aromatic heterocycles. The monoisotopic (exact) mass is 294 g/mol. The van der Waals surface area contributed by atoms with Gasteiger partial charge in [0.25, 0.3) is 0 Å². The van der Waals surface area contributed by atoms with E-state index < -0.39 is 18.1 Å². The molecule has 1 rings (SSSR count). The number of carbonyl (C=O) groups is 2. The second kappa shape index (κ2) is 9.10. The van der Waals surface area contributed by atoms with Crippen LogP contribution >= 0.6 is 0 Å². The Hall–Kier alpha value is -1.92. The molecule has 0 fully saturated rings. The first kappa shape index (κ1) is 17.1. The molecule has 6 nitrogen and oxygen atoms in total. The molecule has 2 unspecified atom stereocenters. The zero-order chi connectivity index (χ0) is 15.7. The summed E-state index contributed by atoms with van der Waals surface area (Å²) in [6, 6.07) is 7.37. The first-order valence-electron chi connectivity index (χ1n) is 6.77. The quantitative estimate of drug-likeness (QED) is 0.546. The van der Waals surface area contributed by atoms with E-state index in [0.717, 1.165) is 0 Å². The second-order valence-electron chi connectivity index (χ2n) is 4.62. The van der Waals surface area contributed by atoms with Gasteiger partial charge in [-0.25, -0.2) is 4.79 Å². The lowest BCUT2D eigenvalue weighted by atomic mass is 10.1. The van der Waals surface area contributed by atoms with Crippen LogP contribution < -0.4 is 11.1 Å². The molecule has 0 heterocycles. The Morgan fingerprint density at radius 2 is 1.90 bits per heavy atom. The van der Waals surface area contributed by atoms with Crippen molar-refractivity contribution in [3.05, 3.63) is 35.9 Å². The van der Waals surface area contributed by atoms with Crippen LogP contribution in [0.25, 0.3) is 0 Å². The number of rotatable bonds is 8. The van der Waals surface area contributed by atoms with Crippen LogP contribution in [-0.4, -0.2) is 38.7 Å². The molecule has 0 saturated heterocycles. The number of nitrogens with two attached hydrogens (primary N) is 1. The predicted octanol–water partition coefficient (Wildman–Crippen LogP) is 0.771. The second-order valence-corrected chi connectivity index (χ2v) is 4.62. The lowest BCUT2D eigenvalue weighted by Crippen LogP contribution is -2.44. The lowest BCUT2D eigenvalue weighted by molar-refractivity contribution is -0.145. The minimum atomic E-state index is -0.850. The zero-order valence-corrected chi connectivity index (χ0v) is 12.4. The molecule has 3 N–H and O–H groups in total. The molecule has 0 aliphatic heterocycles. The summed E-state index contributed by atoms with van der Waals surface area (Å²) >= 11 is 0. The summed E-state index contributed by atoms with van der Waals surface area (Å²) in [4.78, 5) is 23.9. The number of amides is 1. The standard InChI is InChI=1S/C15H22N2O4/c1-20-10-6-9-12(16)14(18)17-13(15(19)21-2)11-7-4-3-5-8-11/h3-5,7-8,12-13H,6,9-10,16H2,1-2H3,(H,17,18). The average Bonchev–Trinajstić information content (AvgIpc) is 2.52. The molecule has 0 bridgehead atoms. The van der Waals surface area contributed by atoms with Gasteiger partial charge in [-0.05, 0) is 18.4 Å². The highest BCUT2D eigenvalue weighted by atomic mass is 16.5. The van der Waals surface area contributed by atoms with Gasteiger partial charge >= 0.3 is 5.97 Å². The number of carbonyl (C=O) groups excluding carboxylic acids is 2. The molecular weight excluding hydrogens is 272 g/mol. The van der Waals surface area contributed by atoms with Crippen molar-refractivity contribution in [1.82, 2.24) is 5.32 Å². The number of methoxy groups -OCH3 is 2. The van der Waals surface area contributed by atoms with E-state index in [2.05, 4.69) is 5.32 Å². The molecule has 1 aromatic rings. The van der Waals surface area contributed by atoms with E-state index in [9.17, 15) is 9.59 Å². The van der Waals surface area contributed by atoms with Crippen LogP contribution in [0.4, 0.5) is 0 Å². The van der Waals surface area contributed by atoms with Gasteiger partial charge < -0.3 is 20.5 Å². The van der Waals surface area contributed by atoms with Crippen LogP contribution in [0.1, 0.15) is 24.4 Å². The Morgan fingerprint density at radius 1 is 1.24 bits per heavy atom. The van der Waals surface area contributed by atoms with Crippen molar-refractivity contribution in [2.75, 3.05) is 20.8 Å². The van der Waals surface area contributed by atoms with E-state index >= 15 is 0 Å². The molecule has 2 atom stereocenters. The first-order chi connectivity index (χ1) is 10.1. The number of hydrogen-bond acceptors (Lipinski definition) is 5. The van der Waals surface area contributed by atoms with Crippen molar-refractivity contribution in [2.24, 2.45) is 5.73 Å². The summed E-state index contributed by atoms with van der Waals surface area (Å²) in [5, 5.41) is 2.63. The van der Waals surface area contributed by atoms with Gasteiger partial charge in [-0.15, -0.1) is 0 Å². The summed E-state index contributed by atoms with van der Waals surface area (Å²) in [6.07, 6.45) is 1.17. The molecule has 0 aliphatic rings. The normalized spacial score (nSPS) is 13.3. The van der Waals surface area contributed by atoms with E-state index in [1.165, 1.54) is 7.11 Å². The fraction of sp³-hybridized carbons (Fsp3) is 0.467. The van der Waals surface area contributed by atoms with Crippen LogP contribution in [0, 0.1) is 0 Å². The van der Waals surface area contributed by atoms with Gasteiger partial charge in [0.2, 0.25) is 5.91 Å². The Kier molecular flexibility index (Phi) is 7.42. The smallest absolute Gasteiger partial charge is 0.333 e. The summed E-state index contributed by atoms with van der Waals surface area (Å²) < 4.78 is 9.65. The maximum atomic E-state index is 12.1. The number of nitrogens with one attached hydrogen (secondary N) is 1. The van der Waals surface area contributed by atoms with Crippen molar-refractivity contribution in [3.8, 4) is 0 Å². The fourth-order valence-electron chi connectivity index (χ4n) is 1.87. The van der Waals surface area contributed by atoms with Gasteiger partial charge in [-0.1, -0.05) is 30.3 Å². The summed E-state index contributed by atoms with van der Waals surface area (Å²) in [5.74, 6) is -0.913. The van der Waals surface area contributed by atoms with Crippen molar-refractivity contribution in [2.45, 2.75) is 24.9 Å². The SMILES string of the molecule is COCCCC(N)C(=O)NC(C(=O)OC)c1ccccc1. The summed E-state index contributed by atoms with van der Waals surface area (Å²) in [7, 11) is 2.87. The van der Waals surface area contributed by atoms with Gasteiger partial charge in [-0.2, -0.15) is 0 Å². The van der Waals surface area contributed by atoms with Crippen LogP contribution in [0.5, 0.6) is 0 Å². The fourth-order valence-corrected chi connectivity index (χ4v) is 1.87. The highest BCUT2D eigenvalue weighted by Crippen LogP contribution is 2.14. The molecule has 6 heteroatoms. The first-order valence-corrected chi connectivity index (χ1v) is 6.77. The Labute approximate surface area is 124 Å². The predicted molar refractivity (Wildman–Crippen MR) is 78.4 cm³/mol. The highest BCUT2D eigenvalue weighted by Gasteiger charge is 2.25. The van der Waals surface area contributed by atoms with Gasteiger partial charge in [0.1, 0.15) is 0 Å². The van der Waals surface area contributed by atoms with Gasteiger partial charge in [0.05, 0.1) is 13.2 Å². The molecule has 21 heavy (non-hydrogen) atoms.